The fraction of sp³-hybridized carbons (Fsp3) is 0.545. The number of anilines is 2. The van der Waals surface area contributed by atoms with E-state index in [0.717, 1.165) is 64.3 Å². The molecule has 1 fully saturated rings. The van der Waals surface area contributed by atoms with E-state index in [2.05, 4.69) is 48.4 Å². The number of thiocarbonyl (C=S) groups is 1. The number of fused-ring (bicyclic) bond motifs is 1. The van der Waals surface area contributed by atoms with Crippen LogP contribution in [0.15, 0.2) is 12.1 Å². The lowest BCUT2D eigenvalue weighted by atomic mass is 9.98. The Morgan fingerprint density at radius 3 is 2.56 bits per heavy atom. The Balaban J connectivity index is 1.90. The molecule has 174 valence electrons. The standard InChI is InChI=1S/C22H30N4O3S3/c1-13(27)23-18(12-19(28)29)32-21(30)25-14-11-17-15(24-20(31-17)22(2,3)4)10-16(14)26-8-6-5-7-9-26/h10-11,18H,5-9,12H2,1-4H3,(H,23,27)(H,25,30)(H,28,29). The highest BCUT2D eigenvalue weighted by atomic mass is 32.2. The minimum Gasteiger partial charge on any atom is -0.481 e. The van der Waals surface area contributed by atoms with E-state index in [1.165, 1.54) is 13.3 Å². The van der Waals surface area contributed by atoms with Crippen molar-refractivity contribution >= 4 is 73.1 Å². The Hall–Kier alpha value is -1.91. The average Bonchev–Trinajstić information content (AvgIpc) is 3.10. The monoisotopic (exact) mass is 494 g/mol. The van der Waals surface area contributed by atoms with Gasteiger partial charge >= 0.3 is 5.97 Å². The summed E-state index contributed by atoms with van der Waals surface area (Å²) < 4.78 is 1.50. The maximum Gasteiger partial charge on any atom is 0.306 e. The molecule has 3 rings (SSSR count). The van der Waals surface area contributed by atoms with Gasteiger partial charge < -0.3 is 20.6 Å². The van der Waals surface area contributed by atoms with Gasteiger partial charge in [0.05, 0.1) is 38.4 Å². The van der Waals surface area contributed by atoms with Gasteiger partial charge in [0, 0.05) is 25.4 Å². The Labute approximate surface area is 202 Å². The summed E-state index contributed by atoms with van der Waals surface area (Å²) >= 11 is 8.36. The van der Waals surface area contributed by atoms with Crippen molar-refractivity contribution in [1.82, 2.24) is 10.3 Å². The van der Waals surface area contributed by atoms with E-state index in [-0.39, 0.29) is 17.7 Å². The first-order chi connectivity index (χ1) is 15.0. The molecule has 1 saturated heterocycles. The predicted molar refractivity (Wildman–Crippen MR) is 138 cm³/mol. The van der Waals surface area contributed by atoms with Crippen LogP contribution in [0, 0.1) is 0 Å². The van der Waals surface area contributed by atoms with Crippen LogP contribution < -0.4 is 15.5 Å². The van der Waals surface area contributed by atoms with E-state index in [1.54, 1.807) is 11.3 Å². The molecule has 1 atom stereocenters. The number of aromatic nitrogens is 1. The van der Waals surface area contributed by atoms with Crippen LogP contribution in [0.4, 0.5) is 11.4 Å². The van der Waals surface area contributed by atoms with Gasteiger partial charge in [-0.2, -0.15) is 0 Å². The van der Waals surface area contributed by atoms with Gasteiger partial charge in [0.1, 0.15) is 4.32 Å². The molecule has 2 aromatic rings. The molecule has 7 nitrogen and oxygen atoms in total. The quantitative estimate of drug-likeness (QED) is 0.384. The number of thioether (sulfide) groups is 1. The first-order valence-electron chi connectivity index (χ1n) is 10.7. The zero-order valence-corrected chi connectivity index (χ0v) is 21.3. The molecule has 32 heavy (non-hydrogen) atoms. The van der Waals surface area contributed by atoms with Crippen molar-refractivity contribution in [2.45, 2.75) is 64.2 Å². The molecular formula is C22H30N4O3S3. The zero-order valence-electron chi connectivity index (χ0n) is 18.9. The molecule has 1 aliphatic heterocycles. The minimum absolute atomic E-state index is 0.0316. The first kappa shape index (κ1) is 24.7. The van der Waals surface area contributed by atoms with Crippen molar-refractivity contribution in [2.24, 2.45) is 0 Å². The van der Waals surface area contributed by atoms with E-state index in [9.17, 15) is 9.59 Å². The number of aliphatic carboxylic acids is 1. The maximum absolute atomic E-state index is 11.5. The Morgan fingerprint density at radius 2 is 1.97 bits per heavy atom. The number of carboxylic acid groups (broad SMARTS) is 1. The molecular weight excluding hydrogens is 464 g/mol. The molecule has 1 aromatic heterocycles. The van der Waals surface area contributed by atoms with Gasteiger partial charge in [-0.05, 0) is 31.4 Å². The van der Waals surface area contributed by atoms with Crippen molar-refractivity contribution < 1.29 is 14.7 Å². The van der Waals surface area contributed by atoms with Crippen LogP contribution in [0.2, 0.25) is 0 Å². The molecule has 0 bridgehead atoms. The number of carboxylic acids is 1. The summed E-state index contributed by atoms with van der Waals surface area (Å²) in [7, 11) is 0. The first-order valence-corrected chi connectivity index (χ1v) is 12.8. The Morgan fingerprint density at radius 1 is 1.28 bits per heavy atom. The molecule has 2 heterocycles. The minimum atomic E-state index is -0.992. The maximum atomic E-state index is 11.5. The van der Waals surface area contributed by atoms with Crippen LogP contribution in [0.5, 0.6) is 0 Å². The van der Waals surface area contributed by atoms with Crippen molar-refractivity contribution in [2.75, 3.05) is 23.3 Å². The second kappa shape index (κ2) is 10.4. The number of benzene rings is 1. The lowest BCUT2D eigenvalue weighted by Crippen LogP contribution is -2.34. The fourth-order valence-electron chi connectivity index (χ4n) is 3.56. The Bertz CT molecular complexity index is 994. The number of piperidine rings is 1. The summed E-state index contributed by atoms with van der Waals surface area (Å²) in [5, 5.41) is 15.6. The van der Waals surface area contributed by atoms with E-state index in [1.807, 2.05) is 0 Å². The van der Waals surface area contributed by atoms with Crippen LogP contribution in [0.3, 0.4) is 0 Å². The summed E-state index contributed by atoms with van der Waals surface area (Å²) in [5.74, 6) is -1.28. The number of amides is 1. The molecule has 1 amide bonds. The zero-order chi connectivity index (χ0) is 23.5. The van der Waals surface area contributed by atoms with Crippen molar-refractivity contribution in [1.29, 1.82) is 0 Å². The van der Waals surface area contributed by atoms with E-state index >= 15 is 0 Å². The largest absolute Gasteiger partial charge is 0.481 e. The van der Waals surface area contributed by atoms with Gasteiger partial charge in [0.15, 0.2) is 0 Å². The normalized spacial score (nSPS) is 15.4. The number of nitrogens with one attached hydrogen (secondary N) is 2. The molecule has 0 radical (unpaired) electrons. The van der Waals surface area contributed by atoms with Crippen molar-refractivity contribution in [3.8, 4) is 0 Å². The van der Waals surface area contributed by atoms with E-state index < -0.39 is 11.3 Å². The van der Waals surface area contributed by atoms with Gasteiger partial charge in [-0.1, -0.05) is 44.8 Å². The average molecular weight is 495 g/mol. The van der Waals surface area contributed by atoms with Crippen LogP contribution in [0.1, 0.15) is 58.4 Å². The van der Waals surface area contributed by atoms with Crippen LogP contribution in [0.25, 0.3) is 10.2 Å². The van der Waals surface area contributed by atoms with Gasteiger partial charge in [0.25, 0.3) is 0 Å². The van der Waals surface area contributed by atoms with Crippen LogP contribution >= 0.6 is 35.3 Å². The molecule has 3 N–H and O–H groups in total. The number of rotatable bonds is 6. The van der Waals surface area contributed by atoms with Gasteiger partial charge in [0.2, 0.25) is 5.91 Å². The topological polar surface area (TPSA) is 94.6 Å². The predicted octanol–water partition coefficient (Wildman–Crippen LogP) is 4.95. The van der Waals surface area contributed by atoms with Crippen LogP contribution in [-0.4, -0.2) is 44.8 Å². The highest BCUT2D eigenvalue weighted by Crippen LogP contribution is 2.38. The smallest absolute Gasteiger partial charge is 0.306 e. The third kappa shape index (κ3) is 6.55. The number of hydrogen-bond donors (Lipinski definition) is 3. The molecule has 0 spiro atoms. The number of carbonyl (C=O) groups excluding carboxylic acids is 1. The van der Waals surface area contributed by atoms with Gasteiger partial charge in [-0.15, -0.1) is 11.3 Å². The molecule has 0 aliphatic carbocycles. The third-order valence-corrected chi connectivity index (χ3v) is 7.77. The van der Waals surface area contributed by atoms with Gasteiger partial charge in [-0.3, -0.25) is 9.59 Å². The lowest BCUT2D eigenvalue weighted by Gasteiger charge is -2.31. The molecule has 0 saturated carbocycles. The highest BCUT2D eigenvalue weighted by molar-refractivity contribution is 8.23. The molecule has 1 unspecified atom stereocenters. The summed E-state index contributed by atoms with van der Waals surface area (Å²) in [4.78, 5) is 29.9. The fourth-order valence-corrected chi connectivity index (χ4v) is 5.94. The van der Waals surface area contributed by atoms with Crippen LogP contribution in [-0.2, 0) is 15.0 Å². The number of nitrogens with zero attached hydrogens (tertiary/aromatic N) is 2. The summed E-state index contributed by atoms with van der Waals surface area (Å²) in [5.41, 5.74) is 2.89. The van der Waals surface area contributed by atoms with Crippen molar-refractivity contribution in [3.63, 3.8) is 0 Å². The SMILES string of the molecule is CC(=O)NC(CC(=O)O)SC(=S)Nc1cc2sc(C(C)(C)C)nc2cc1N1CCCCC1. The van der Waals surface area contributed by atoms with Crippen molar-refractivity contribution in [3.05, 3.63) is 17.1 Å². The summed E-state index contributed by atoms with van der Waals surface area (Å²) in [6.45, 7) is 9.79. The molecule has 1 aliphatic rings. The van der Waals surface area contributed by atoms with E-state index in [0.29, 0.717) is 4.32 Å². The highest BCUT2D eigenvalue weighted by Gasteiger charge is 2.23. The second-order valence-electron chi connectivity index (χ2n) is 8.97. The van der Waals surface area contributed by atoms with Gasteiger partial charge in [-0.25, -0.2) is 4.98 Å². The lowest BCUT2D eigenvalue weighted by molar-refractivity contribution is -0.137. The number of thiazole rings is 1. The number of carbonyl (C=O) groups is 2. The third-order valence-electron chi connectivity index (χ3n) is 5.05. The molecule has 1 aromatic carbocycles. The second-order valence-corrected chi connectivity index (χ2v) is 11.9. The number of hydrogen-bond acceptors (Lipinski definition) is 7. The summed E-state index contributed by atoms with van der Waals surface area (Å²) in [6.07, 6.45) is 3.30. The van der Waals surface area contributed by atoms with E-state index in [4.69, 9.17) is 22.3 Å². The molecule has 10 heteroatoms. The Kier molecular flexibility index (Phi) is 8.00. The summed E-state index contributed by atoms with van der Waals surface area (Å²) in [6, 6.07) is 4.22.